The molecule has 0 aliphatic heterocycles. The Morgan fingerprint density at radius 2 is 1.89 bits per heavy atom. The van der Waals surface area contributed by atoms with Crippen molar-refractivity contribution in [1.82, 2.24) is 5.32 Å². The van der Waals surface area contributed by atoms with Crippen molar-refractivity contribution in [2.45, 2.75) is 20.8 Å². The van der Waals surface area contributed by atoms with Crippen LogP contribution < -0.4 is 5.32 Å². The maximum absolute atomic E-state index is 5.70. The minimum Gasteiger partial charge on any atom is -0.379 e. The van der Waals surface area contributed by atoms with Crippen molar-refractivity contribution in [2.24, 2.45) is 5.41 Å². The van der Waals surface area contributed by atoms with Gasteiger partial charge < -0.3 is 5.32 Å². The second kappa shape index (κ2) is 3.11. The monoisotopic (exact) mass is 147 g/mol. The molecule has 0 aromatic rings. The zero-order valence-corrected chi connectivity index (χ0v) is 7.21. The average molecular weight is 148 g/mol. The highest BCUT2D eigenvalue weighted by Gasteiger charge is 2.05. The lowest BCUT2D eigenvalue weighted by molar-refractivity contribution is 0.540. The van der Waals surface area contributed by atoms with Gasteiger partial charge in [-0.1, -0.05) is 32.4 Å². The minimum atomic E-state index is 0.167. The molecular formula is C7H14ClN. The summed E-state index contributed by atoms with van der Waals surface area (Å²) in [6.07, 6.45) is 1.98. The van der Waals surface area contributed by atoms with Gasteiger partial charge in [0.1, 0.15) is 0 Å². The van der Waals surface area contributed by atoms with Crippen LogP contribution in [0.5, 0.6) is 0 Å². The van der Waals surface area contributed by atoms with E-state index in [1.807, 2.05) is 13.1 Å². The van der Waals surface area contributed by atoms with Gasteiger partial charge in [0, 0.05) is 7.05 Å². The van der Waals surface area contributed by atoms with E-state index in [0.717, 1.165) is 0 Å². The minimum absolute atomic E-state index is 0.167. The van der Waals surface area contributed by atoms with Crippen LogP contribution >= 0.6 is 11.6 Å². The lowest BCUT2D eigenvalue weighted by Gasteiger charge is -2.12. The highest BCUT2D eigenvalue weighted by molar-refractivity contribution is 6.29. The predicted octanol–water partition coefficient (Wildman–Crippen LogP) is 2.33. The Morgan fingerprint density at radius 1 is 1.44 bits per heavy atom. The van der Waals surface area contributed by atoms with Crippen molar-refractivity contribution in [3.05, 3.63) is 11.2 Å². The molecule has 2 heteroatoms. The third-order valence-electron chi connectivity index (χ3n) is 0.799. The largest absolute Gasteiger partial charge is 0.379 e. The molecular weight excluding hydrogens is 134 g/mol. The van der Waals surface area contributed by atoms with E-state index in [0.29, 0.717) is 5.16 Å². The number of hydrogen-bond acceptors (Lipinski definition) is 1. The van der Waals surface area contributed by atoms with Gasteiger partial charge in [0.25, 0.3) is 0 Å². The van der Waals surface area contributed by atoms with Crippen LogP contribution in [0.15, 0.2) is 11.2 Å². The van der Waals surface area contributed by atoms with Gasteiger partial charge in [-0.15, -0.1) is 0 Å². The zero-order valence-electron chi connectivity index (χ0n) is 6.46. The highest BCUT2D eigenvalue weighted by atomic mass is 35.5. The van der Waals surface area contributed by atoms with Crippen molar-refractivity contribution in [3.8, 4) is 0 Å². The Morgan fingerprint density at radius 3 is 2.00 bits per heavy atom. The van der Waals surface area contributed by atoms with Crippen molar-refractivity contribution in [3.63, 3.8) is 0 Å². The average Bonchev–Trinajstić information content (AvgIpc) is 1.62. The lowest BCUT2D eigenvalue weighted by Crippen LogP contribution is -2.06. The second-order valence-electron chi connectivity index (χ2n) is 3.11. The van der Waals surface area contributed by atoms with Crippen molar-refractivity contribution >= 4 is 11.6 Å². The summed E-state index contributed by atoms with van der Waals surface area (Å²) in [5, 5.41) is 3.56. The summed E-state index contributed by atoms with van der Waals surface area (Å²) in [7, 11) is 1.81. The van der Waals surface area contributed by atoms with E-state index >= 15 is 0 Å². The third-order valence-corrected chi connectivity index (χ3v) is 1.10. The molecule has 0 fully saturated rings. The van der Waals surface area contributed by atoms with Crippen LogP contribution in [0.4, 0.5) is 0 Å². The number of rotatable bonds is 1. The second-order valence-corrected chi connectivity index (χ2v) is 3.52. The van der Waals surface area contributed by atoms with Gasteiger partial charge in [0.05, 0.1) is 5.16 Å². The van der Waals surface area contributed by atoms with Gasteiger partial charge in [-0.05, 0) is 11.5 Å². The number of allylic oxidation sites excluding steroid dienone is 1. The summed E-state index contributed by atoms with van der Waals surface area (Å²) in [4.78, 5) is 0. The fourth-order valence-corrected chi connectivity index (χ4v) is 0.780. The molecule has 9 heavy (non-hydrogen) atoms. The van der Waals surface area contributed by atoms with E-state index in [2.05, 4.69) is 26.1 Å². The van der Waals surface area contributed by atoms with Gasteiger partial charge in [-0.25, -0.2) is 0 Å². The Labute approximate surface area is 62.1 Å². The molecule has 0 aromatic heterocycles. The Hall–Kier alpha value is -0.170. The summed E-state index contributed by atoms with van der Waals surface area (Å²) in [5.41, 5.74) is 0.167. The molecule has 0 radical (unpaired) electrons. The number of hydrogen-bond donors (Lipinski definition) is 1. The summed E-state index contributed by atoms with van der Waals surface area (Å²) >= 11 is 5.70. The molecule has 54 valence electrons. The van der Waals surface area contributed by atoms with E-state index in [9.17, 15) is 0 Å². The SMILES string of the molecule is CN/C(Cl)=C\C(C)(C)C. The normalized spacial score (nSPS) is 13.7. The van der Waals surface area contributed by atoms with Crippen LogP contribution in [-0.2, 0) is 0 Å². The summed E-state index contributed by atoms with van der Waals surface area (Å²) in [5.74, 6) is 0. The molecule has 0 aliphatic carbocycles. The van der Waals surface area contributed by atoms with E-state index in [1.54, 1.807) is 0 Å². The Bertz CT molecular complexity index is 111. The predicted molar refractivity (Wildman–Crippen MR) is 42.5 cm³/mol. The zero-order chi connectivity index (χ0) is 7.49. The molecule has 0 saturated heterocycles. The molecule has 0 unspecified atom stereocenters. The molecule has 0 heterocycles. The van der Waals surface area contributed by atoms with Gasteiger partial charge in [0.2, 0.25) is 0 Å². The molecule has 0 rings (SSSR count). The van der Waals surface area contributed by atoms with Crippen LogP contribution in [-0.4, -0.2) is 7.05 Å². The van der Waals surface area contributed by atoms with E-state index < -0.39 is 0 Å². The van der Waals surface area contributed by atoms with Gasteiger partial charge in [-0.3, -0.25) is 0 Å². The Kier molecular flexibility index (Phi) is 3.06. The summed E-state index contributed by atoms with van der Waals surface area (Å²) < 4.78 is 0. The van der Waals surface area contributed by atoms with Crippen molar-refractivity contribution < 1.29 is 0 Å². The molecule has 1 nitrogen and oxygen atoms in total. The molecule has 1 N–H and O–H groups in total. The van der Waals surface area contributed by atoms with Gasteiger partial charge in [0.15, 0.2) is 0 Å². The fourth-order valence-electron chi connectivity index (χ4n) is 0.452. The van der Waals surface area contributed by atoms with E-state index in [4.69, 9.17) is 11.6 Å². The maximum atomic E-state index is 5.70. The molecule has 0 atom stereocenters. The Balaban J connectivity index is 3.95. The number of nitrogens with one attached hydrogen (secondary N) is 1. The van der Waals surface area contributed by atoms with Crippen LogP contribution in [0, 0.1) is 5.41 Å². The van der Waals surface area contributed by atoms with E-state index in [1.165, 1.54) is 0 Å². The smallest absolute Gasteiger partial charge is 0.0980 e. The third kappa shape index (κ3) is 5.71. The van der Waals surface area contributed by atoms with Gasteiger partial charge >= 0.3 is 0 Å². The highest BCUT2D eigenvalue weighted by Crippen LogP contribution is 2.17. The maximum Gasteiger partial charge on any atom is 0.0980 e. The van der Waals surface area contributed by atoms with E-state index in [-0.39, 0.29) is 5.41 Å². The van der Waals surface area contributed by atoms with Crippen molar-refractivity contribution in [2.75, 3.05) is 7.05 Å². The van der Waals surface area contributed by atoms with Crippen LogP contribution in [0.1, 0.15) is 20.8 Å². The summed E-state index contributed by atoms with van der Waals surface area (Å²) in [6, 6.07) is 0. The van der Waals surface area contributed by atoms with Crippen LogP contribution in [0.2, 0.25) is 0 Å². The summed E-state index contributed by atoms with van der Waals surface area (Å²) in [6.45, 7) is 6.31. The van der Waals surface area contributed by atoms with Crippen molar-refractivity contribution in [1.29, 1.82) is 0 Å². The quantitative estimate of drug-likeness (QED) is 0.562. The molecule has 0 aromatic carbocycles. The lowest BCUT2D eigenvalue weighted by atomic mass is 9.97. The number of halogens is 1. The first kappa shape index (κ1) is 8.83. The first-order valence-electron chi connectivity index (χ1n) is 3.02. The standard InChI is InChI=1S/C7H14ClN/c1-7(2,3)5-6(8)9-4/h5,9H,1-4H3/b6-5-. The van der Waals surface area contributed by atoms with Crippen LogP contribution in [0.25, 0.3) is 0 Å². The molecule has 0 aliphatic rings. The molecule has 0 saturated carbocycles. The molecule has 0 amide bonds. The molecule has 0 spiro atoms. The van der Waals surface area contributed by atoms with Gasteiger partial charge in [-0.2, -0.15) is 0 Å². The topological polar surface area (TPSA) is 12.0 Å². The first-order chi connectivity index (χ1) is 3.95. The first-order valence-corrected chi connectivity index (χ1v) is 3.39. The molecule has 0 bridgehead atoms. The fraction of sp³-hybridized carbons (Fsp3) is 0.714. The van der Waals surface area contributed by atoms with Crippen LogP contribution in [0.3, 0.4) is 0 Å².